The van der Waals surface area contributed by atoms with Gasteiger partial charge in [0, 0.05) is 24.8 Å². The Morgan fingerprint density at radius 2 is 1.88 bits per heavy atom. The molecule has 2 aromatic carbocycles. The van der Waals surface area contributed by atoms with Crippen molar-refractivity contribution in [1.82, 2.24) is 10.2 Å². The van der Waals surface area contributed by atoms with E-state index in [0.29, 0.717) is 30.0 Å². The van der Waals surface area contributed by atoms with Crippen LogP contribution in [0.3, 0.4) is 0 Å². The summed E-state index contributed by atoms with van der Waals surface area (Å²) in [6.45, 7) is 3.32. The van der Waals surface area contributed by atoms with Gasteiger partial charge in [-0.25, -0.2) is 4.79 Å². The zero-order valence-corrected chi connectivity index (χ0v) is 18.1. The van der Waals surface area contributed by atoms with E-state index in [1.165, 1.54) is 6.92 Å². The van der Waals surface area contributed by atoms with Gasteiger partial charge >= 0.3 is 6.03 Å². The van der Waals surface area contributed by atoms with Crippen molar-refractivity contribution in [2.24, 2.45) is 0 Å². The van der Waals surface area contributed by atoms with Gasteiger partial charge in [-0.3, -0.25) is 19.3 Å². The van der Waals surface area contributed by atoms with Crippen molar-refractivity contribution in [3.8, 4) is 5.75 Å². The number of hydrogen-bond donors (Lipinski definition) is 2. The Bertz CT molecular complexity index is 1110. The number of carbonyl (C=O) groups is 4. The largest absolute Gasteiger partial charge is 0.497 e. The molecule has 9 heteroatoms. The van der Waals surface area contributed by atoms with Crippen molar-refractivity contribution in [3.05, 3.63) is 53.6 Å². The molecule has 0 saturated carbocycles. The predicted octanol–water partition coefficient (Wildman–Crippen LogP) is 2.01. The number of benzene rings is 2. The molecule has 0 unspecified atom stereocenters. The average Bonchev–Trinajstić information content (AvgIpc) is 3.28. The molecular weight excluding hydrogens is 412 g/mol. The molecule has 0 spiro atoms. The van der Waals surface area contributed by atoms with Crippen molar-refractivity contribution in [1.29, 1.82) is 0 Å². The smallest absolute Gasteiger partial charge is 0.325 e. The number of imide groups is 1. The Morgan fingerprint density at radius 1 is 1.16 bits per heavy atom. The summed E-state index contributed by atoms with van der Waals surface area (Å²) in [5.74, 6) is -0.396. The molecule has 2 aliphatic heterocycles. The van der Waals surface area contributed by atoms with Gasteiger partial charge in [0.05, 0.1) is 7.11 Å². The topological polar surface area (TPSA) is 108 Å². The third-order valence-corrected chi connectivity index (χ3v) is 5.88. The summed E-state index contributed by atoms with van der Waals surface area (Å²) in [6.07, 6.45) is 0.700. The van der Waals surface area contributed by atoms with E-state index in [2.05, 4.69) is 10.6 Å². The number of ether oxygens (including phenoxy) is 1. The highest BCUT2D eigenvalue weighted by molar-refractivity contribution is 6.10. The number of nitrogens with zero attached hydrogens (tertiary/aromatic N) is 2. The summed E-state index contributed by atoms with van der Waals surface area (Å²) in [6, 6.07) is 11.5. The van der Waals surface area contributed by atoms with Crippen molar-refractivity contribution in [3.63, 3.8) is 0 Å². The van der Waals surface area contributed by atoms with Crippen LogP contribution in [0.5, 0.6) is 5.75 Å². The fourth-order valence-corrected chi connectivity index (χ4v) is 4.11. The van der Waals surface area contributed by atoms with Crippen LogP contribution in [0.15, 0.2) is 42.5 Å². The van der Waals surface area contributed by atoms with E-state index in [-0.39, 0.29) is 5.91 Å². The van der Waals surface area contributed by atoms with E-state index in [0.717, 1.165) is 16.2 Å². The number of nitrogens with one attached hydrogen (secondary N) is 2. The number of amides is 5. The maximum atomic E-state index is 13.0. The third kappa shape index (κ3) is 3.66. The predicted molar refractivity (Wildman–Crippen MR) is 117 cm³/mol. The van der Waals surface area contributed by atoms with Crippen LogP contribution < -0.4 is 20.3 Å². The molecule has 0 radical (unpaired) electrons. The van der Waals surface area contributed by atoms with Gasteiger partial charge in [-0.2, -0.15) is 0 Å². The van der Waals surface area contributed by atoms with Crippen molar-refractivity contribution in [2.75, 3.05) is 30.4 Å². The molecular formula is C23H24N4O5. The molecule has 9 nitrogen and oxygen atoms in total. The molecule has 2 N–H and O–H groups in total. The minimum absolute atomic E-state index is 0.0287. The Balaban J connectivity index is 1.45. The first-order valence-corrected chi connectivity index (χ1v) is 10.2. The number of urea groups is 1. The quantitative estimate of drug-likeness (QED) is 0.697. The van der Waals surface area contributed by atoms with E-state index in [1.54, 1.807) is 55.3 Å². The van der Waals surface area contributed by atoms with Crippen molar-refractivity contribution < 1.29 is 23.9 Å². The van der Waals surface area contributed by atoms with Crippen LogP contribution in [-0.2, 0) is 26.3 Å². The maximum absolute atomic E-state index is 13.0. The lowest BCUT2D eigenvalue weighted by Crippen LogP contribution is -2.42. The molecule has 2 heterocycles. The number of anilines is 2. The summed E-state index contributed by atoms with van der Waals surface area (Å²) >= 11 is 0. The van der Waals surface area contributed by atoms with Gasteiger partial charge in [-0.15, -0.1) is 0 Å². The second-order valence-corrected chi connectivity index (χ2v) is 7.99. The van der Waals surface area contributed by atoms with E-state index in [4.69, 9.17) is 4.74 Å². The first kappa shape index (κ1) is 21.4. The molecule has 4 rings (SSSR count). The minimum atomic E-state index is -1.27. The molecule has 2 aliphatic rings. The number of methoxy groups -OCH3 is 1. The van der Waals surface area contributed by atoms with Gasteiger partial charge < -0.3 is 20.3 Å². The summed E-state index contributed by atoms with van der Waals surface area (Å²) in [4.78, 5) is 52.4. The normalized spacial score (nSPS) is 19.6. The number of hydrogen-bond acceptors (Lipinski definition) is 5. The van der Waals surface area contributed by atoms with Crippen LogP contribution in [0, 0.1) is 0 Å². The van der Waals surface area contributed by atoms with Gasteiger partial charge in [0.1, 0.15) is 17.8 Å². The van der Waals surface area contributed by atoms with Gasteiger partial charge in [0.15, 0.2) is 0 Å². The first-order valence-electron chi connectivity index (χ1n) is 10.2. The van der Waals surface area contributed by atoms with Crippen LogP contribution in [0.25, 0.3) is 0 Å². The fourth-order valence-electron chi connectivity index (χ4n) is 4.11. The molecule has 166 valence electrons. The van der Waals surface area contributed by atoms with Crippen LogP contribution >= 0.6 is 0 Å². The molecule has 1 atom stereocenters. The second-order valence-electron chi connectivity index (χ2n) is 7.99. The molecule has 0 aromatic heterocycles. The highest BCUT2D eigenvalue weighted by atomic mass is 16.5. The van der Waals surface area contributed by atoms with Crippen molar-refractivity contribution >= 4 is 35.1 Å². The Kier molecular flexibility index (Phi) is 5.33. The molecule has 1 saturated heterocycles. The second kappa shape index (κ2) is 7.99. The Hall–Kier alpha value is -3.88. The first-order chi connectivity index (χ1) is 15.2. The lowest BCUT2D eigenvalue weighted by atomic mass is 9.92. The molecule has 1 fully saturated rings. The van der Waals surface area contributed by atoms with E-state index >= 15 is 0 Å². The third-order valence-electron chi connectivity index (χ3n) is 5.88. The Morgan fingerprint density at radius 3 is 2.53 bits per heavy atom. The summed E-state index contributed by atoms with van der Waals surface area (Å²) < 4.78 is 5.13. The molecule has 0 aliphatic carbocycles. The summed E-state index contributed by atoms with van der Waals surface area (Å²) in [5, 5.41) is 5.41. The van der Waals surface area contributed by atoms with Gasteiger partial charge in [-0.05, 0) is 54.8 Å². The molecule has 5 amide bonds. The van der Waals surface area contributed by atoms with Crippen molar-refractivity contribution in [2.45, 2.75) is 25.8 Å². The molecule has 2 aromatic rings. The van der Waals surface area contributed by atoms with E-state index < -0.39 is 29.9 Å². The number of fused-ring (bicyclic) bond motifs is 1. The summed E-state index contributed by atoms with van der Waals surface area (Å²) in [7, 11) is 1.54. The zero-order valence-electron chi connectivity index (χ0n) is 18.1. The fraction of sp³-hybridized carbons (Fsp3) is 0.304. The molecule has 0 bridgehead atoms. The maximum Gasteiger partial charge on any atom is 0.325 e. The van der Waals surface area contributed by atoms with Gasteiger partial charge in [-0.1, -0.05) is 12.1 Å². The van der Waals surface area contributed by atoms with Crippen LogP contribution in [-0.4, -0.2) is 48.9 Å². The van der Waals surface area contributed by atoms with Crippen LogP contribution in [0.1, 0.15) is 25.0 Å². The van der Waals surface area contributed by atoms with Crippen LogP contribution in [0.4, 0.5) is 16.2 Å². The Labute approximate surface area is 185 Å². The van der Waals surface area contributed by atoms with E-state index in [1.807, 2.05) is 6.07 Å². The monoisotopic (exact) mass is 436 g/mol. The van der Waals surface area contributed by atoms with E-state index in [9.17, 15) is 19.2 Å². The lowest BCUT2D eigenvalue weighted by Gasteiger charge is -2.22. The highest BCUT2D eigenvalue weighted by Gasteiger charge is 2.49. The number of carbonyl (C=O) groups excluding carboxylic acids is 4. The average molecular weight is 436 g/mol. The van der Waals surface area contributed by atoms with Crippen LogP contribution in [0.2, 0.25) is 0 Å². The number of rotatable bonds is 5. The highest BCUT2D eigenvalue weighted by Crippen LogP contribution is 2.31. The molecule has 32 heavy (non-hydrogen) atoms. The summed E-state index contributed by atoms with van der Waals surface area (Å²) in [5.41, 5.74) is 1.66. The lowest BCUT2D eigenvalue weighted by molar-refractivity contribution is -0.133. The minimum Gasteiger partial charge on any atom is -0.497 e. The zero-order chi connectivity index (χ0) is 23.0. The standard InChI is InChI=1S/C23H24N4O5/c1-14(28)26-11-10-15-12-17(6-9-19(15)26)24-20(29)13-27-21(30)23(2,25-22(27)31)16-4-7-18(32-3)8-5-16/h4-9,12H,10-11,13H2,1-3H3,(H,24,29)(H,25,31)/t23-/m1/s1. The van der Waals surface area contributed by atoms with Gasteiger partial charge in [0.25, 0.3) is 5.91 Å². The SMILES string of the molecule is COc1ccc([C@@]2(C)NC(=O)N(CC(=O)Nc3ccc4c(c3)CCN4C(C)=O)C2=O)cc1. The van der Waals surface area contributed by atoms with Gasteiger partial charge in [0.2, 0.25) is 11.8 Å².